The van der Waals surface area contributed by atoms with Crippen LogP contribution in [0.1, 0.15) is 30.0 Å². The highest BCUT2D eigenvalue weighted by Gasteiger charge is 2.31. The molecule has 1 N–H and O–H groups in total. The quantitative estimate of drug-likeness (QED) is 0.647. The zero-order valence-corrected chi connectivity index (χ0v) is 16.5. The summed E-state index contributed by atoms with van der Waals surface area (Å²) in [6, 6.07) is 18.5. The molecule has 0 radical (unpaired) electrons. The number of carboxylic acids is 1. The van der Waals surface area contributed by atoms with Gasteiger partial charge in [0.05, 0.1) is 17.5 Å². The molecule has 1 fully saturated rings. The summed E-state index contributed by atoms with van der Waals surface area (Å²) in [6.45, 7) is 1.44. The molecule has 1 aromatic heterocycles. The lowest BCUT2D eigenvalue weighted by molar-refractivity contribution is -0.143. The number of pyridine rings is 1. The van der Waals surface area contributed by atoms with E-state index in [0.717, 1.165) is 45.9 Å². The Balaban J connectivity index is 1.78. The van der Waals surface area contributed by atoms with Gasteiger partial charge in [-0.25, -0.2) is 0 Å². The van der Waals surface area contributed by atoms with E-state index >= 15 is 0 Å². The van der Waals surface area contributed by atoms with Crippen molar-refractivity contribution in [1.82, 2.24) is 9.88 Å². The number of carboxylic acid groups (broad SMARTS) is 1. The van der Waals surface area contributed by atoms with E-state index in [1.54, 1.807) is 0 Å². The molecule has 2 heterocycles. The van der Waals surface area contributed by atoms with Crippen molar-refractivity contribution in [3.05, 3.63) is 76.4 Å². The fourth-order valence-electron chi connectivity index (χ4n) is 3.97. The summed E-state index contributed by atoms with van der Waals surface area (Å²) in [7, 11) is 0. The number of benzene rings is 2. The Labute approximate surface area is 167 Å². The number of nitrogens with zero attached hydrogens (tertiary/aromatic N) is 2. The zero-order valence-electron chi connectivity index (χ0n) is 14.9. The molecule has 1 aliphatic heterocycles. The van der Waals surface area contributed by atoms with Gasteiger partial charge in [0, 0.05) is 22.6 Å². The summed E-state index contributed by atoms with van der Waals surface area (Å²) in [6.07, 6.45) is 3.56. The molecule has 3 aromatic rings. The Bertz CT molecular complexity index is 975. The van der Waals surface area contributed by atoms with Crippen molar-refractivity contribution in [2.75, 3.05) is 13.1 Å². The van der Waals surface area contributed by atoms with Gasteiger partial charge in [0.25, 0.3) is 0 Å². The van der Waals surface area contributed by atoms with Gasteiger partial charge in [-0.1, -0.05) is 46.3 Å². The maximum Gasteiger partial charge on any atom is 0.307 e. The van der Waals surface area contributed by atoms with Crippen LogP contribution >= 0.6 is 15.9 Å². The molecule has 0 amide bonds. The number of aromatic nitrogens is 1. The Morgan fingerprint density at radius 2 is 2.00 bits per heavy atom. The lowest BCUT2D eigenvalue weighted by Gasteiger charge is -2.37. The number of para-hydroxylation sites is 1. The van der Waals surface area contributed by atoms with Crippen molar-refractivity contribution in [3.8, 4) is 0 Å². The molecule has 4 rings (SSSR count). The molecular formula is C22H21BrN2O2. The van der Waals surface area contributed by atoms with Crippen LogP contribution < -0.4 is 0 Å². The zero-order chi connectivity index (χ0) is 18.8. The molecule has 1 aliphatic rings. The van der Waals surface area contributed by atoms with Gasteiger partial charge in [-0.15, -0.1) is 0 Å². The van der Waals surface area contributed by atoms with Gasteiger partial charge >= 0.3 is 5.97 Å². The van der Waals surface area contributed by atoms with Crippen LogP contribution in [0.3, 0.4) is 0 Å². The number of fused-ring (bicyclic) bond motifs is 1. The number of rotatable bonds is 4. The lowest BCUT2D eigenvalue weighted by atomic mass is 9.91. The van der Waals surface area contributed by atoms with Gasteiger partial charge in [-0.2, -0.15) is 0 Å². The van der Waals surface area contributed by atoms with Crippen molar-refractivity contribution >= 4 is 32.8 Å². The monoisotopic (exact) mass is 424 g/mol. The molecule has 1 saturated heterocycles. The summed E-state index contributed by atoms with van der Waals surface area (Å²) in [5.74, 6) is -1.02. The van der Waals surface area contributed by atoms with E-state index in [9.17, 15) is 9.90 Å². The molecule has 27 heavy (non-hydrogen) atoms. The van der Waals surface area contributed by atoms with E-state index in [1.165, 1.54) is 0 Å². The number of halogens is 1. The Morgan fingerprint density at radius 3 is 2.81 bits per heavy atom. The molecule has 2 unspecified atom stereocenters. The van der Waals surface area contributed by atoms with Crippen LogP contribution in [0.4, 0.5) is 0 Å². The van der Waals surface area contributed by atoms with Crippen molar-refractivity contribution in [2.24, 2.45) is 5.92 Å². The molecule has 4 nitrogen and oxygen atoms in total. The van der Waals surface area contributed by atoms with Gasteiger partial charge in [0.15, 0.2) is 0 Å². The predicted molar refractivity (Wildman–Crippen MR) is 110 cm³/mol. The standard InChI is InChI=1S/C22H21BrN2O2/c23-19-8-3-6-16(12-19)21(25-10-4-7-17(14-25)22(26)27)18-11-15-5-1-2-9-20(15)24-13-18/h1-3,5-6,8-9,11-13,17,21H,4,7,10,14H2,(H,26,27). The van der Waals surface area contributed by atoms with Crippen molar-refractivity contribution in [1.29, 1.82) is 0 Å². The third-order valence-electron chi connectivity index (χ3n) is 5.26. The minimum atomic E-state index is -0.704. The second kappa shape index (κ2) is 7.79. The van der Waals surface area contributed by atoms with Crippen LogP contribution in [0.25, 0.3) is 10.9 Å². The van der Waals surface area contributed by atoms with Gasteiger partial charge < -0.3 is 5.11 Å². The maximum atomic E-state index is 11.6. The first kappa shape index (κ1) is 18.1. The highest BCUT2D eigenvalue weighted by atomic mass is 79.9. The van der Waals surface area contributed by atoms with Crippen LogP contribution in [0.2, 0.25) is 0 Å². The fraction of sp³-hybridized carbons (Fsp3) is 0.273. The number of likely N-dealkylation sites (tertiary alicyclic amines) is 1. The first-order valence-electron chi connectivity index (χ1n) is 9.19. The molecule has 2 aromatic carbocycles. The normalized spacial score (nSPS) is 19.1. The molecule has 5 heteroatoms. The largest absolute Gasteiger partial charge is 0.481 e. The molecule has 0 bridgehead atoms. The first-order chi connectivity index (χ1) is 13.1. The first-order valence-corrected chi connectivity index (χ1v) is 9.98. The molecule has 0 saturated carbocycles. The summed E-state index contributed by atoms with van der Waals surface area (Å²) in [4.78, 5) is 18.5. The Kier molecular flexibility index (Phi) is 5.23. The van der Waals surface area contributed by atoms with Crippen molar-refractivity contribution < 1.29 is 9.90 Å². The Morgan fingerprint density at radius 1 is 1.15 bits per heavy atom. The Hall–Kier alpha value is -2.24. The van der Waals surface area contributed by atoms with Crippen LogP contribution in [0.5, 0.6) is 0 Å². The number of carbonyl (C=O) groups is 1. The predicted octanol–water partition coefficient (Wildman–Crippen LogP) is 4.88. The smallest absolute Gasteiger partial charge is 0.307 e. The number of hydrogen-bond donors (Lipinski definition) is 1. The van der Waals surface area contributed by atoms with Crippen LogP contribution in [-0.2, 0) is 4.79 Å². The molecule has 0 spiro atoms. The van der Waals surface area contributed by atoms with Gasteiger partial charge in [0.2, 0.25) is 0 Å². The average molecular weight is 425 g/mol. The second-order valence-electron chi connectivity index (χ2n) is 7.09. The molecule has 2 atom stereocenters. The minimum absolute atomic E-state index is 0.0123. The van der Waals surface area contributed by atoms with E-state index in [4.69, 9.17) is 0 Å². The number of hydrogen-bond acceptors (Lipinski definition) is 3. The third-order valence-corrected chi connectivity index (χ3v) is 5.75. The van der Waals surface area contributed by atoms with Crippen molar-refractivity contribution in [2.45, 2.75) is 18.9 Å². The minimum Gasteiger partial charge on any atom is -0.481 e. The van der Waals surface area contributed by atoms with E-state index in [-0.39, 0.29) is 12.0 Å². The van der Waals surface area contributed by atoms with E-state index in [1.807, 2.05) is 36.5 Å². The molecule has 0 aliphatic carbocycles. The highest BCUT2D eigenvalue weighted by molar-refractivity contribution is 9.10. The molecule has 138 valence electrons. The lowest BCUT2D eigenvalue weighted by Crippen LogP contribution is -2.41. The van der Waals surface area contributed by atoms with E-state index < -0.39 is 5.97 Å². The topological polar surface area (TPSA) is 53.4 Å². The van der Waals surface area contributed by atoms with Gasteiger partial charge in [0.1, 0.15) is 0 Å². The SMILES string of the molecule is O=C(O)C1CCCN(C(c2cccc(Br)c2)c2cnc3ccccc3c2)C1. The van der Waals surface area contributed by atoms with E-state index in [0.29, 0.717) is 6.54 Å². The summed E-state index contributed by atoms with van der Waals surface area (Å²) in [5, 5.41) is 10.6. The summed E-state index contributed by atoms with van der Waals surface area (Å²) < 4.78 is 1.02. The van der Waals surface area contributed by atoms with Gasteiger partial charge in [-0.05, 0) is 54.8 Å². The van der Waals surface area contributed by atoms with E-state index in [2.05, 4.69) is 50.1 Å². The van der Waals surface area contributed by atoms with Gasteiger partial charge in [-0.3, -0.25) is 14.7 Å². The van der Waals surface area contributed by atoms with Crippen LogP contribution in [0.15, 0.2) is 65.3 Å². The second-order valence-corrected chi connectivity index (χ2v) is 8.01. The average Bonchev–Trinajstić information content (AvgIpc) is 2.68. The summed E-state index contributed by atoms with van der Waals surface area (Å²) >= 11 is 3.57. The van der Waals surface area contributed by atoms with Crippen molar-refractivity contribution in [3.63, 3.8) is 0 Å². The van der Waals surface area contributed by atoms with Crippen LogP contribution in [0, 0.1) is 5.92 Å². The molecular weight excluding hydrogens is 404 g/mol. The number of aliphatic carboxylic acids is 1. The summed E-state index contributed by atoms with van der Waals surface area (Å²) in [5.41, 5.74) is 3.21. The maximum absolute atomic E-state index is 11.6. The highest BCUT2D eigenvalue weighted by Crippen LogP contribution is 2.34. The third kappa shape index (κ3) is 3.89. The fourth-order valence-corrected chi connectivity index (χ4v) is 4.39. The van der Waals surface area contributed by atoms with Crippen LogP contribution in [-0.4, -0.2) is 34.0 Å². The number of piperidine rings is 1.